The zero-order valence-corrected chi connectivity index (χ0v) is 14.5. The molecule has 0 saturated carbocycles. The van der Waals surface area contributed by atoms with Gasteiger partial charge in [0.25, 0.3) is 5.91 Å². The van der Waals surface area contributed by atoms with Crippen molar-refractivity contribution in [2.75, 3.05) is 19.0 Å². The van der Waals surface area contributed by atoms with Crippen LogP contribution in [0.5, 0.6) is 0 Å². The highest BCUT2D eigenvalue weighted by Crippen LogP contribution is 2.41. The van der Waals surface area contributed by atoms with Gasteiger partial charge in [0.15, 0.2) is 6.61 Å². The second kappa shape index (κ2) is 8.56. The number of furan rings is 1. The van der Waals surface area contributed by atoms with Gasteiger partial charge < -0.3 is 18.8 Å². The highest BCUT2D eigenvalue weighted by atomic mass is 32.2. The van der Waals surface area contributed by atoms with Gasteiger partial charge in [-0.15, -0.1) is 11.8 Å². The molecule has 2 heterocycles. The number of carbonyl (C=O) groups excluding carboxylic acids is 4. The number of alkyl carbamates (subject to hydrolysis) is 1. The maximum atomic E-state index is 12.2. The quantitative estimate of drug-likeness (QED) is 0.765. The Morgan fingerprint density at radius 3 is 2.72 bits per heavy atom. The van der Waals surface area contributed by atoms with Gasteiger partial charge in [0, 0.05) is 12.7 Å². The molecular formula is C15H18N2O7S. The Bertz CT molecular complexity index is 646. The molecule has 1 saturated heterocycles. The van der Waals surface area contributed by atoms with Crippen molar-refractivity contribution in [1.29, 1.82) is 0 Å². The minimum atomic E-state index is -0.914. The SMILES string of the molecule is CCOC(=O)NC(=O)COC(=O)[C@H]1CS[C@@H](c2ccco2)N1C(C)=O. The first-order valence-corrected chi connectivity index (χ1v) is 8.56. The van der Waals surface area contributed by atoms with E-state index in [-0.39, 0.29) is 12.5 Å². The third-order valence-electron chi connectivity index (χ3n) is 3.29. The van der Waals surface area contributed by atoms with E-state index in [4.69, 9.17) is 9.15 Å². The number of ether oxygens (including phenoxy) is 2. The van der Waals surface area contributed by atoms with Crippen LogP contribution in [0.25, 0.3) is 0 Å². The number of carbonyl (C=O) groups is 4. The Kier molecular flexibility index (Phi) is 6.45. The fourth-order valence-corrected chi connectivity index (χ4v) is 3.69. The Hall–Kier alpha value is -2.49. The van der Waals surface area contributed by atoms with E-state index >= 15 is 0 Å². The van der Waals surface area contributed by atoms with E-state index in [1.165, 1.54) is 29.8 Å². The molecule has 0 aromatic carbocycles. The van der Waals surface area contributed by atoms with E-state index in [0.29, 0.717) is 11.5 Å². The summed E-state index contributed by atoms with van der Waals surface area (Å²) in [5.41, 5.74) is 0. The van der Waals surface area contributed by atoms with Crippen molar-refractivity contribution in [2.24, 2.45) is 0 Å². The third kappa shape index (κ3) is 4.75. The monoisotopic (exact) mass is 370 g/mol. The number of hydrogen-bond acceptors (Lipinski definition) is 8. The summed E-state index contributed by atoms with van der Waals surface area (Å²) in [6.07, 6.45) is 0.572. The highest BCUT2D eigenvalue weighted by molar-refractivity contribution is 7.99. The van der Waals surface area contributed by atoms with Gasteiger partial charge in [-0.1, -0.05) is 0 Å². The predicted octanol–water partition coefficient (Wildman–Crippen LogP) is 1.06. The lowest BCUT2D eigenvalue weighted by Crippen LogP contribution is -2.44. The molecule has 2 atom stereocenters. The van der Waals surface area contributed by atoms with Gasteiger partial charge in [-0.25, -0.2) is 9.59 Å². The molecule has 1 aliphatic rings. The fourth-order valence-electron chi connectivity index (χ4n) is 2.27. The Labute approximate surface area is 148 Å². The number of hydrogen-bond donors (Lipinski definition) is 1. The summed E-state index contributed by atoms with van der Waals surface area (Å²) >= 11 is 1.36. The largest absolute Gasteiger partial charge is 0.466 e. The van der Waals surface area contributed by atoms with Crippen LogP contribution in [-0.2, 0) is 23.9 Å². The molecule has 2 rings (SSSR count). The zero-order chi connectivity index (χ0) is 18.4. The molecule has 0 radical (unpaired) electrons. The molecule has 0 bridgehead atoms. The van der Waals surface area contributed by atoms with Crippen molar-refractivity contribution in [3.63, 3.8) is 0 Å². The number of nitrogens with one attached hydrogen (secondary N) is 1. The molecule has 0 unspecified atom stereocenters. The normalized spacial score (nSPS) is 19.4. The summed E-state index contributed by atoms with van der Waals surface area (Å²) in [5, 5.41) is 1.48. The van der Waals surface area contributed by atoms with Crippen LogP contribution >= 0.6 is 11.8 Å². The first-order valence-electron chi connectivity index (χ1n) is 7.51. The number of nitrogens with zero attached hydrogens (tertiary/aromatic N) is 1. The summed E-state index contributed by atoms with van der Waals surface area (Å²) in [7, 11) is 0. The van der Waals surface area contributed by atoms with E-state index in [0.717, 1.165) is 0 Å². The molecule has 10 heteroatoms. The van der Waals surface area contributed by atoms with E-state index in [9.17, 15) is 19.2 Å². The Balaban J connectivity index is 1.93. The van der Waals surface area contributed by atoms with Crippen LogP contribution in [-0.4, -0.2) is 53.8 Å². The van der Waals surface area contributed by atoms with E-state index in [1.807, 2.05) is 5.32 Å². The van der Waals surface area contributed by atoms with E-state index < -0.39 is 36.0 Å². The summed E-state index contributed by atoms with van der Waals surface area (Å²) in [6.45, 7) is 2.40. The van der Waals surface area contributed by atoms with E-state index in [2.05, 4.69) is 4.74 Å². The van der Waals surface area contributed by atoms with Crippen molar-refractivity contribution in [1.82, 2.24) is 10.2 Å². The van der Waals surface area contributed by atoms with Gasteiger partial charge in [0.1, 0.15) is 17.2 Å². The number of thioether (sulfide) groups is 1. The minimum absolute atomic E-state index is 0.111. The summed E-state index contributed by atoms with van der Waals surface area (Å²) in [6, 6.07) is 2.57. The van der Waals surface area contributed by atoms with Crippen molar-refractivity contribution in [2.45, 2.75) is 25.3 Å². The smallest absolute Gasteiger partial charge is 0.413 e. The molecule has 25 heavy (non-hydrogen) atoms. The molecule has 1 N–H and O–H groups in total. The lowest BCUT2D eigenvalue weighted by atomic mass is 10.2. The van der Waals surface area contributed by atoms with Gasteiger partial charge >= 0.3 is 12.1 Å². The Morgan fingerprint density at radius 2 is 2.12 bits per heavy atom. The average molecular weight is 370 g/mol. The molecule has 9 nitrogen and oxygen atoms in total. The maximum Gasteiger partial charge on any atom is 0.413 e. The average Bonchev–Trinajstić information content (AvgIpc) is 3.21. The van der Waals surface area contributed by atoms with Gasteiger partial charge in [-0.05, 0) is 19.1 Å². The van der Waals surface area contributed by atoms with Crippen molar-refractivity contribution >= 4 is 35.6 Å². The van der Waals surface area contributed by atoms with Gasteiger partial charge in [-0.2, -0.15) is 0 Å². The predicted molar refractivity (Wildman–Crippen MR) is 86.3 cm³/mol. The standard InChI is InChI=1S/C15H18N2O7S/c1-3-22-15(21)16-12(19)7-24-14(20)10-8-25-13(17(10)9(2)18)11-5-4-6-23-11/h4-6,10,13H,3,7-8H2,1-2H3,(H,16,19,21)/t10-,13+/m1/s1. The zero-order valence-electron chi connectivity index (χ0n) is 13.7. The van der Waals surface area contributed by atoms with Crippen LogP contribution in [0.4, 0.5) is 4.79 Å². The summed E-state index contributed by atoms with van der Waals surface area (Å²) in [4.78, 5) is 48.2. The van der Waals surface area contributed by atoms with Crippen molar-refractivity contribution < 1.29 is 33.1 Å². The molecule has 1 fully saturated rings. The van der Waals surface area contributed by atoms with Crippen LogP contribution < -0.4 is 5.32 Å². The summed E-state index contributed by atoms with van der Waals surface area (Å²) in [5.74, 6) is -0.992. The molecule has 1 aromatic rings. The molecule has 1 aliphatic heterocycles. The number of esters is 1. The number of rotatable bonds is 5. The molecule has 1 aromatic heterocycles. The number of amides is 3. The third-order valence-corrected chi connectivity index (χ3v) is 4.57. The molecule has 0 aliphatic carbocycles. The topological polar surface area (TPSA) is 115 Å². The van der Waals surface area contributed by atoms with Gasteiger partial charge in [0.05, 0.1) is 12.9 Å². The first-order chi connectivity index (χ1) is 11.9. The molecule has 0 spiro atoms. The lowest BCUT2D eigenvalue weighted by molar-refractivity contribution is -0.156. The van der Waals surface area contributed by atoms with Crippen LogP contribution in [0.3, 0.4) is 0 Å². The maximum absolute atomic E-state index is 12.2. The van der Waals surface area contributed by atoms with Crippen LogP contribution in [0.15, 0.2) is 22.8 Å². The van der Waals surface area contributed by atoms with Gasteiger partial charge in [0.2, 0.25) is 5.91 Å². The van der Waals surface area contributed by atoms with Gasteiger partial charge in [-0.3, -0.25) is 14.9 Å². The second-order valence-electron chi connectivity index (χ2n) is 5.02. The van der Waals surface area contributed by atoms with Crippen LogP contribution in [0.2, 0.25) is 0 Å². The molecule has 3 amide bonds. The minimum Gasteiger partial charge on any atom is -0.466 e. The van der Waals surface area contributed by atoms with Crippen LogP contribution in [0.1, 0.15) is 25.0 Å². The Morgan fingerprint density at radius 1 is 1.36 bits per heavy atom. The van der Waals surface area contributed by atoms with E-state index in [1.54, 1.807) is 19.1 Å². The second-order valence-corrected chi connectivity index (χ2v) is 6.13. The molecular weight excluding hydrogens is 352 g/mol. The molecule has 136 valence electrons. The van der Waals surface area contributed by atoms with Crippen LogP contribution in [0, 0.1) is 0 Å². The van der Waals surface area contributed by atoms with Crippen molar-refractivity contribution in [3.8, 4) is 0 Å². The first kappa shape index (κ1) is 18.8. The highest BCUT2D eigenvalue weighted by Gasteiger charge is 2.43. The fraction of sp³-hybridized carbons (Fsp3) is 0.467. The lowest BCUT2D eigenvalue weighted by Gasteiger charge is -2.25. The van der Waals surface area contributed by atoms with Crippen molar-refractivity contribution in [3.05, 3.63) is 24.2 Å². The number of imide groups is 1. The summed E-state index contributed by atoms with van der Waals surface area (Å²) < 4.78 is 14.8.